The van der Waals surface area contributed by atoms with Gasteiger partial charge in [-0.1, -0.05) is 24.6 Å². The van der Waals surface area contributed by atoms with Gasteiger partial charge < -0.3 is 10.3 Å². The number of benzene rings is 1. The number of H-pyrrole nitrogens is 1. The van der Waals surface area contributed by atoms with Gasteiger partial charge in [0.05, 0.1) is 5.03 Å². The number of hydrogen-bond donors (Lipinski definition) is 2. The van der Waals surface area contributed by atoms with Crippen LogP contribution in [0.3, 0.4) is 0 Å². The molecule has 0 bridgehead atoms. The molecule has 1 aliphatic rings. The Hall–Kier alpha value is -0.930. The number of aromatic nitrogens is 1. The van der Waals surface area contributed by atoms with Crippen LogP contribution >= 0.6 is 11.8 Å². The highest BCUT2D eigenvalue weighted by atomic mass is 32.2. The molecule has 2 nitrogen and oxygen atoms in total. The van der Waals surface area contributed by atoms with E-state index in [1.165, 1.54) is 41.6 Å². The summed E-state index contributed by atoms with van der Waals surface area (Å²) in [6.45, 7) is 0. The Balaban J connectivity index is 1.71. The van der Waals surface area contributed by atoms with Gasteiger partial charge in [0.15, 0.2) is 0 Å². The van der Waals surface area contributed by atoms with Crippen LogP contribution in [0, 0.1) is 0 Å². The SMILES string of the molecule is CNC1CCCC(Sc2cc3ccccc3[nH]2)C1. The van der Waals surface area contributed by atoms with Crippen molar-refractivity contribution in [2.24, 2.45) is 0 Å². The molecule has 1 aliphatic carbocycles. The van der Waals surface area contributed by atoms with Gasteiger partial charge in [0.25, 0.3) is 0 Å². The zero-order chi connectivity index (χ0) is 12.4. The summed E-state index contributed by atoms with van der Waals surface area (Å²) in [6, 6.07) is 11.5. The molecule has 0 aliphatic heterocycles. The van der Waals surface area contributed by atoms with Gasteiger partial charge in [-0.3, -0.25) is 0 Å². The van der Waals surface area contributed by atoms with Gasteiger partial charge >= 0.3 is 0 Å². The molecule has 1 aromatic heterocycles. The predicted octanol–water partition coefficient (Wildman–Crippen LogP) is 3.79. The molecule has 0 saturated heterocycles. The summed E-state index contributed by atoms with van der Waals surface area (Å²) >= 11 is 2.01. The second kappa shape index (κ2) is 5.37. The van der Waals surface area contributed by atoms with Crippen molar-refractivity contribution >= 4 is 22.7 Å². The van der Waals surface area contributed by atoms with E-state index in [2.05, 4.69) is 47.7 Å². The van der Waals surface area contributed by atoms with E-state index in [0.29, 0.717) is 6.04 Å². The summed E-state index contributed by atoms with van der Waals surface area (Å²) in [5, 5.41) is 6.81. The van der Waals surface area contributed by atoms with Crippen LogP contribution in [-0.2, 0) is 0 Å². The summed E-state index contributed by atoms with van der Waals surface area (Å²) in [6.07, 6.45) is 5.32. The number of para-hydroxylation sites is 1. The standard InChI is InChI=1S/C15H20N2S/c1-16-12-6-4-7-13(10-12)18-15-9-11-5-2-3-8-14(11)17-15/h2-3,5,8-9,12-13,16-17H,4,6-7,10H2,1H3. The van der Waals surface area contributed by atoms with E-state index in [0.717, 1.165) is 5.25 Å². The Labute approximate surface area is 113 Å². The third-order valence-electron chi connectivity index (χ3n) is 3.83. The smallest absolute Gasteiger partial charge is 0.0735 e. The van der Waals surface area contributed by atoms with Crippen LogP contribution in [0.4, 0.5) is 0 Å². The Bertz CT molecular complexity index is 487. The van der Waals surface area contributed by atoms with Gasteiger partial charge in [-0.15, -0.1) is 11.8 Å². The predicted molar refractivity (Wildman–Crippen MR) is 79.3 cm³/mol. The van der Waals surface area contributed by atoms with Crippen LogP contribution in [0.15, 0.2) is 35.4 Å². The fourth-order valence-electron chi connectivity index (χ4n) is 2.80. The average molecular weight is 260 g/mol. The molecule has 18 heavy (non-hydrogen) atoms. The molecule has 96 valence electrons. The highest BCUT2D eigenvalue weighted by Crippen LogP contribution is 2.34. The van der Waals surface area contributed by atoms with Crippen molar-refractivity contribution < 1.29 is 0 Å². The molecule has 1 heterocycles. The Morgan fingerprint density at radius 3 is 3.00 bits per heavy atom. The lowest BCUT2D eigenvalue weighted by molar-refractivity contribution is 0.402. The Morgan fingerprint density at radius 2 is 2.17 bits per heavy atom. The minimum absolute atomic E-state index is 0.709. The second-order valence-corrected chi connectivity index (χ2v) is 6.46. The van der Waals surface area contributed by atoms with E-state index in [1.54, 1.807) is 0 Å². The minimum atomic E-state index is 0.709. The van der Waals surface area contributed by atoms with E-state index >= 15 is 0 Å². The molecule has 1 fully saturated rings. The number of nitrogens with one attached hydrogen (secondary N) is 2. The summed E-state index contributed by atoms with van der Waals surface area (Å²) < 4.78 is 0. The molecule has 2 atom stereocenters. The monoisotopic (exact) mass is 260 g/mol. The van der Waals surface area contributed by atoms with Crippen molar-refractivity contribution in [3.8, 4) is 0 Å². The first-order valence-corrected chi connectivity index (χ1v) is 7.65. The highest BCUT2D eigenvalue weighted by molar-refractivity contribution is 7.99. The zero-order valence-electron chi connectivity index (χ0n) is 10.8. The first kappa shape index (κ1) is 12.1. The third-order valence-corrected chi connectivity index (χ3v) is 5.07. The summed E-state index contributed by atoms with van der Waals surface area (Å²) in [4.78, 5) is 3.52. The maximum atomic E-state index is 3.52. The lowest BCUT2D eigenvalue weighted by Crippen LogP contribution is -2.32. The van der Waals surface area contributed by atoms with Gasteiger partial charge in [0.1, 0.15) is 0 Å². The van der Waals surface area contributed by atoms with E-state index in [-0.39, 0.29) is 0 Å². The minimum Gasteiger partial charge on any atom is -0.350 e. The maximum Gasteiger partial charge on any atom is 0.0735 e. The van der Waals surface area contributed by atoms with Crippen molar-refractivity contribution in [2.75, 3.05) is 7.05 Å². The van der Waals surface area contributed by atoms with Gasteiger partial charge in [0, 0.05) is 22.2 Å². The lowest BCUT2D eigenvalue weighted by Gasteiger charge is -2.28. The van der Waals surface area contributed by atoms with Crippen molar-refractivity contribution in [3.05, 3.63) is 30.3 Å². The van der Waals surface area contributed by atoms with Crippen molar-refractivity contribution in [3.63, 3.8) is 0 Å². The molecule has 0 radical (unpaired) electrons. The van der Waals surface area contributed by atoms with Gasteiger partial charge in [-0.25, -0.2) is 0 Å². The van der Waals surface area contributed by atoms with Crippen LogP contribution < -0.4 is 5.32 Å². The largest absolute Gasteiger partial charge is 0.350 e. The fourth-order valence-corrected chi connectivity index (χ4v) is 4.14. The third kappa shape index (κ3) is 2.57. The molecular formula is C15H20N2S. The van der Waals surface area contributed by atoms with Gasteiger partial charge in [-0.2, -0.15) is 0 Å². The number of fused-ring (bicyclic) bond motifs is 1. The fraction of sp³-hybridized carbons (Fsp3) is 0.467. The van der Waals surface area contributed by atoms with Crippen molar-refractivity contribution in [1.82, 2.24) is 10.3 Å². The lowest BCUT2D eigenvalue weighted by atomic mass is 9.95. The van der Waals surface area contributed by atoms with Crippen LogP contribution in [0.25, 0.3) is 10.9 Å². The molecule has 0 spiro atoms. The molecule has 0 amide bonds. The Kier molecular flexibility index (Phi) is 3.62. The molecule has 3 rings (SSSR count). The normalized spacial score (nSPS) is 24.5. The number of aromatic amines is 1. The number of rotatable bonds is 3. The molecule has 1 aromatic carbocycles. The molecule has 2 N–H and O–H groups in total. The quantitative estimate of drug-likeness (QED) is 0.878. The highest BCUT2D eigenvalue weighted by Gasteiger charge is 2.21. The average Bonchev–Trinajstić information content (AvgIpc) is 2.81. The molecular weight excluding hydrogens is 240 g/mol. The zero-order valence-corrected chi connectivity index (χ0v) is 11.6. The molecule has 2 unspecified atom stereocenters. The summed E-state index contributed by atoms with van der Waals surface area (Å²) in [5.74, 6) is 0. The van der Waals surface area contributed by atoms with Gasteiger partial charge in [-0.05, 0) is 38.4 Å². The molecule has 2 aromatic rings. The van der Waals surface area contributed by atoms with Gasteiger partial charge in [0.2, 0.25) is 0 Å². The van der Waals surface area contributed by atoms with Crippen LogP contribution in [0.2, 0.25) is 0 Å². The number of hydrogen-bond acceptors (Lipinski definition) is 2. The van der Waals surface area contributed by atoms with Crippen molar-refractivity contribution in [1.29, 1.82) is 0 Å². The molecule has 3 heteroatoms. The van der Waals surface area contributed by atoms with Crippen LogP contribution in [0.1, 0.15) is 25.7 Å². The van der Waals surface area contributed by atoms with E-state index in [4.69, 9.17) is 0 Å². The van der Waals surface area contributed by atoms with Crippen LogP contribution in [0.5, 0.6) is 0 Å². The summed E-state index contributed by atoms with van der Waals surface area (Å²) in [5.41, 5.74) is 1.25. The van der Waals surface area contributed by atoms with E-state index < -0.39 is 0 Å². The van der Waals surface area contributed by atoms with Crippen LogP contribution in [-0.4, -0.2) is 23.3 Å². The summed E-state index contributed by atoms with van der Waals surface area (Å²) in [7, 11) is 2.08. The maximum absolute atomic E-state index is 3.52. The first-order chi connectivity index (χ1) is 8.85. The topological polar surface area (TPSA) is 27.8 Å². The second-order valence-electron chi connectivity index (χ2n) is 5.11. The Morgan fingerprint density at radius 1 is 1.28 bits per heavy atom. The first-order valence-electron chi connectivity index (χ1n) is 6.77. The van der Waals surface area contributed by atoms with Crippen molar-refractivity contribution in [2.45, 2.75) is 42.0 Å². The number of thioether (sulfide) groups is 1. The van der Waals surface area contributed by atoms with E-state index in [1.807, 2.05) is 11.8 Å². The molecule has 1 saturated carbocycles. The van der Waals surface area contributed by atoms with E-state index in [9.17, 15) is 0 Å².